The van der Waals surface area contributed by atoms with Crippen LogP contribution >= 0.6 is 0 Å². The maximum absolute atomic E-state index is 7.54. The summed E-state index contributed by atoms with van der Waals surface area (Å²) < 4.78 is 7.54. The van der Waals surface area contributed by atoms with Crippen molar-refractivity contribution in [2.45, 2.75) is 201 Å². The highest BCUT2D eigenvalue weighted by Crippen LogP contribution is 2.63. The Balaban J connectivity index is 2.53. The molecule has 1 saturated heterocycles. The van der Waals surface area contributed by atoms with Gasteiger partial charge in [0.15, 0.2) is 0 Å². The molecule has 0 aromatic carbocycles. The van der Waals surface area contributed by atoms with Crippen molar-refractivity contribution in [3.05, 3.63) is 24.0 Å². The molecule has 2 unspecified atom stereocenters. The lowest BCUT2D eigenvalue weighted by Gasteiger charge is -2.61. The summed E-state index contributed by atoms with van der Waals surface area (Å²) in [6.45, 7) is 11.8. The number of fused-ring (bicyclic) bond motifs is 1. The van der Waals surface area contributed by atoms with E-state index in [-0.39, 0.29) is 5.60 Å². The fourth-order valence-corrected chi connectivity index (χ4v) is 8.25. The van der Waals surface area contributed by atoms with Crippen LogP contribution in [0.5, 0.6) is 0 Å². The van der Waals surface area contributed by atoms with E-state index in [1.165, 1.54) is 166 Å². The van der Waals surface area contributed by atoms with Crippen molar-refractivity contribution in [2.75, 3.05) is 0 Å². The van der Waals surface area contributed by atoms with Crippen LogP contribution in [-0.2, 0) is 4.74 Å². The van der Waals surface area contributed by atoms with Gasteiger partial charge in [-0.1, -0.05) is 162 Å². The maximum atomic E-state index is 7.54. The van der Waals surface area contributed by atoms with E-state index in [2.05, 4.69) is 52.8 Å². The van der Waals surface area contributed by atoms with E-state index in [1.807, 2.05) is 0 Å². The van der Waals surface area contributed by atoms with Gasteiger partial charge in [0.1, 0.15) is 11.4 Å². The standard InChI is InChI=1S/C38H70O/c1-6-11-16-21-28-35-34-27-26-29-36(34)39-38(32-24-19-14-9-4,33-25-20-15-10-5)37(35,30-22-17-12-7-2)31-23-18-13-8-3/h26-27,29,34-35H,6-25,28,30-33H2,1-5H3. The predicted molar refractivity (Wildman–Crippen MR) is 174 cm³/mol. The van der Waals surface area contributed by atoms with Gasteiger partial charge in [-0.3, -0.25) is 0 Å². The quantitative estimate of drug-likeness (QED) is 0.104. The lowest BCUT2D eigenvalue weighted by molar-refractivity contribution is -0.200. The van der Waals surface area contributed by atoms with E-state index in [0.717, 1.165) is 5.92 Å². The van der Waals surface area contributed by atoms with Gasteiger partial charge in [-0.05, 0) is 56.9 Å². The molecule has 0 aromatic rings. The molecule has 1 fully saturated rings. The van der Waals surface area contributed by atoms with Gasteiger partial charge < -0.3 is 4.74 Å². The molecule has 0 radical (unpaired) electrons. The third-order valence-electron chi connectivity index (χ3n) is 10.5. The predicted octanol–water partition coefficient (Wildman–Crippen LogP) is 13.3. The van der Waals surface area contributed by atoms with Crippen molar-refractivity contribution in [3.63, 3.8) is 0 Å². The minimum Gasteiger partial charge on any atom is -0.490 e. The molecule has 228 valence electrons. The molecule has 1 aliphatic heterocycles. The molecular weight excluding hydrogens is 472 g/mol. The van der Waals surface area contributed by atoms with Gasteiger partial charge in [0.2, 0.25) is 0 Å². The summed E-state index contributed by atoms with van der Waals surface area (Å²) in [4.78, 5) is 0. The monoisotopic (exact) mass is 543 g/mol. The smallest absolute Gasteiger partial charge is 0.114 e. The van der Waals surface area contributed by atoms with Crippen molar-refractivity contribution in [1.29, 1.82) is 0 Å². The Hall–Kier alpha value is -0.720. The molecule has 0 saturated carbocycles. The summed E-state index contributed by atoms with van der Waals surface area (Å²) in [7, 11) is 0. The molecule has 1 heterocycles. The highest BCUT2D eigenvalue weighted by molar-refractivity contribution is 5.30. The van der Waals surface area contributed by atoms with Crippen LogP contribution in [0.2, 0.25) is 0 Å². The third kappa shape index (κ3) is 10.3. The second kappa shape index (κ2) is 20.2. The average molecular weight is 543 g/mol. The van der Waals surface area contributed by atoms with Gasteiger partial charge >= 0.3 is 0 Å². The maximum Gasteiger partial charge on any atom is 0.114 e. The first kappa shape index (κ1) is 34.5. The molecule has 0 amide bonds. The molecule has 1 nitrogen and oxygen atoms in total. The minimum atomic E-state index is 0.0384. The van der Waals surface area contributed by atoms with E-state index >= 15 is 0 Å². The van der Waals surface area contributed by atoms with Crippen LogP contribution in [0.4, 0.5) is 0 Å². The second-order valence-electron chi connectivity index (χ2n) is 13.4. The number of rotatable bonds is 25. The van der Waals surface area contributed by atoms with Gasteiger partial charge in [0.25, 0.3) is 0 Å². The van der Waals surface area contributed by atoms with Crippen molar-refractivity contribution >= 4 is 0 Å². The molecule has 2 atom stereocenters. The molecule has 1 heteroatoms. The summed E-state index contributed by atoms with van der Waals surface area (Å²) in [5, 5.41) is 0. The fraction of sp³-hybridized carbons (Fsp3) is 0.895. The highest BCUT2D eigenvalue weighted by Gasteiger charge is 2.61. The zero-order chi connectivity index (χ0) is 28.2. The first-order valence-electron chi connectivity index (χ1n) is 18.2. The average Bonchev–Trinajstić information content (AvgIpc) is 3.41. The van der Waals surface area contributed by atoms with E-state index in [9.17, 15) is 0 Å². The van der Waals surface area contributed by atoms with Crippen LogP contribution in [0.1, 0.15) is 195 Å². The fourth-order valence-electron chi connectivity index (χ4n) is 8.25. The molecule has 0 N–H and O–H groups in total. The molecule has 0 aromatic heterocycles. The zero-order valence-corrected chi connectivity index (χ0v) is 27.5. The Morgan fingerprint density at radius 2 is 0.974 bits per heavy atom. The molecule has 1 aliphatic carbocycles. The van der Waals surface area contributed by atoms with Crippen LogP contribution in [0.25, 0.3) is 0 Å². The van der Waals surface area contributed by atoms with Crippen LogP contribution in [0.3, 0.4) is 0 Å². The largest absolute Gasteiger partial charge is 0.490 e. The lowest BCUT2D eigenvalue weighted by atomic mass is 9.51. The van der Waals surface area contributed by atoms with Crippen LogP contribution in [-0.4, -0.2) is 5.60 Å². The molecule has 39 heavy (non-hydrogen) atoms. The summed E-state index contributed by atoms with van der Waals surface area (Å²) in [5.41, 5.74) is 0.368. The van der Waals surface area contributed by atoms with E-state index in [4.69, 9.17) is 4.74 Å². The SMILES string of the molecule is CCCCCCC1C2C=CC=C2OC(CCCCCC)(CCCCCC)C1(CCCCCC)CCCCCC. The zero-order valence-electron chi connectivity index (χ0n) is 27.5. The van der Waals surface area contributed by atoms with E-state index in [0.29, 0.717) is 11.3 Å². The van der Waals surface area contributed by atoms with Gasteiger partial charge in [0, 0.05) is 11.3 Å². The Morgan fingerprint density at radius 1 is 0.538 bits per heavy atom. The normalized spacial score (nSPS) is 21.1. The Labute approximate surface area is 246 Å². The Kier molecular flexibility index (Phi) is 17.9. The number of unbranched alkanes of at least 4 members (excludes halogenated alkanes) is 15. The summed E-state index contributed by atoms with van der Waals surface area (Å²) in [5.74, 6) is 2.64. The number of allylic oxidation sites excluding steroid dienone is 3. The van der Waals surface area contributed by atoms with E-state index < -0.39 is 0 Å². The van der Waals surface area contributed by atoms with E-state index in [1.54, 1.807) is 0 Å². The van der Waals surface area contributed by atoms with Crippen LogP contribution in [0, 0.1) is 17.3 Å². The minimum absolute atomic E-state index is 0.0384. The number of hydrogen-bond donors (Lipinski definition) is 0. The first-order valence-corrected chi connectivity index (χ1v) is 18.2. The number of ether oxygens (including phenoxy) is 1. The first-order chi connectivity index (χ1) is 19.1. The van der Waals surface area contributed by atoms with Crippen molar-refractivity contribution in [3.8, 4) is 0 Å². The molecule has 2 aliphatic rings. The van der Waals surface area contributed by atoms with Gasteiger partial charge in [0.05, 0.1) is 0 Å². The Bertz CT molecular complexity index is 634. The highest BCUT2D eigenvalue weighted by atomic mass is 16.5. The Morgan fingerprint density at radius 3 is 1.44 bits per heavy atom. The summed E-state index contributed by atoms with van der Waals surface area (Å²) >= 11 is 0. The topological polar surface area (TPSA) is 9.23 Å². The van der Waals surface area contributed by atoms with Gasteiger partial charge in [-0.2, -0.15) is 0 Å². The molecular formula is C38H70O. The van der Waals surface area contributed by atoms with Gasteiger partial charge in [-0.15, -0.1) is 0 Å². The second-order valence-corrected chi connectivity index (χ2v) is 13.4. The van der Waals surface area contributed by atoms with Crippen LogP contribution in [0.15, 0.2) is 24.0 Å². The summed E-state index contributed by atoms with van der Waals surface area (Å²) in [6.07, 6.45) is 41.5. The molecule has 2 rings (SSSR count). The number of hydrogen-bond acceptors (Lipinski definition) is 1. The lowest BCUT2D eigenvalue weighted by Crippen LogP contribution is -2.59. The third-order valence-corrected chi connectivity index (χ3v) is 10.5. The van der Waals surface area contributed by atoms with Crippen molar-refractivity contribution < 1.29 is 4.74 Å². The molecule has 0 spiro atoms. The molecule has 0 bridgehead atoms. The van der Waals surface area contributed by atoms with Crippen molar-refractivity contribution in [1.82, 2.24) is 0 Å². The van der Waals surface area contributed by atoms with Gasteiger partial charge in [-0.25, -0.2) is 0 Å². The van der Waals surface area contributed by atoms with Crippen molar-refractivity contribution in [2.24, 2.45) is 17.3 Å². The summed E-state index contributed by atoms with van der Waals surface area (Å²) in [6, 6.07) is 0. The van der Waals surface area contributed by atoms with Crippen LogP contribution < -0.4 is 0 Å².